The van der Waals surface area contributed by atoms with Crippen LogP contribution < -0.4 is 4.90 Å². The first-order valence-electron chi connectivity index (χ1n) is 5.50. The van der Waals surface area contributed by atoms with Gasteiger partial charge in [-0.15, -0.1) is 0 Å². The molecule has 0 spiro atoms. The molecule has 16 heavy (non-hydrogen) atoms. The number of benzene rings is 1. The van der Waals surface area contributed by atoms with Crippen molar-refractivity contribution in [1.82, 2.24) is 0 Å². The lowest BCUT2D eigenvalue weighted by molar-refractivity contribution is 0.112. The standard InChI is InChI=1S/C13H18FNO/c1-10(2)6-7-15(3)13-5-4-11(9-16)8-12(13)14/h4-5,8-10H,6-7H2,1-3H3. The first kappa shape index (κ1) is 12.7. The van der Waals surface area contributed by atoms with Gasteiger partial charge in [0.05, 0.1) is 5.69 Å². The fourth-order valence-corrected chi connectivity index (χ4v) is 1.48. The molecule has 1 rings (SSSR count). The normalized spacial score (nSPS) is 10.6. The van der Waals surface area contributed by atoms with E-state index in [0.29, 0.717) is 23.5 Å². The van der Waals surface area contributed by atoms with E-state index in [1.807, 2.05) is 11.9 Å². The first-order chi connectivity index (χ1) is 7.54. The predicted octanol–water partition coefficient (Wildman–Crippen LogP) is 3.12. The van der Waals surface area contributed by atoms with E-state index in [9.17, 15) is 9.18 Å². The molecule has 0 aliphatic rings. The van der Waals surface area contributed by atoms with Crippen LogP contribution in [0.2, 0.25) is 0 Å². The van der Waals surface area contributed by atoms with Crippen molar-refractivity contribution in [2.24, 2.45) is 5.92 Å². The molecule has 0 N–H and O–H groups in total. The van der Waals surface area contributed by atoms with Crippen molar-refractivity contribution in [2.45, 2.75) is 20.3 Å². The van der Waals surface area contributed by atoms with Gasteiger partial charge in [0.1, 0.15) is 12.1 Å². The zero-order chi connectivity index (χ0) is 12.1. The first-order valence-corrected chi connectivity index (χ1v) is 5.50. The second-order valence-corrected chi connectivity index (χ2v) is 4.43. The van der Waals surface area contributed by atoms with Crippen LogP contribution >= 0.6 is 0 Å². The van der Waals surface area contributed by atoms with Gasteiger partial charge in [-0.05, 0) is 30.5 Å². The zero-order valence-corrected chi connectivity index (χ0v) is 10.0. The summed E-state index contributed by atoms with van der Waals surface area (Å²) in [5.41, 5.74) is 0.921. The number of anilines is 1. The Morgan fingerprint density at radius 1 is 1.44 bits per heavy atom. The fraction of sp³-hybridized carbons (Fsp3) is 0.462. The third-order valence-electron chi connectivity index (χ3n) is 2.56. The van der Waals surface area contributed by atoms with E-state index >= 15 is 0 Å². The number of rotatable bonds is 5. The van der Waals surface area contributed by atoms with Crippen LogP contribution in [0.5, 0.6) is 0 Å². The molecular weight excluding hydrogens is 205 g/mol. The Morgan fingerprint density at radius 2 is 2.12 bits per heavy atom. The fourth-order valence-electron chi connectivity index (χ4n) is 1.48. The summed E-state index contributed by atoms with van der Waals surface area (Å²) in [5.74, 6) is 0.260. The highest BCUT2D eigenvalue weighted by Gasteiger charge is 2.08. The van der Waals surface area contributed by atoms with E-state index in [4.69, 9.17) is 0 Å². The maximum Gasteiger partial charge on any atom is 0.150 e. The number of carbonyl (C=O) groups is 1. The minimum absolute atomic E-state index is 0.337. The summed E-state index contributed by atoms with van der Waals surface area (Å²) in [6.45, 7) is 5.09. The van der Waals surface area contributed by atoms with Crippen molar-refractivity contribution in [2.75, 3.05) is 18.5 Å². The lowest BCUT2D eigenvalue weighted by Gasteiger charge is -2.21. The average molecular weight is 223 g/mol. The van der Waals surface area contributed by atoms with Crippen molar-refractivity contribution < 1.29 is 9.18 Å². The molecule has 1 aromatic rings. The van der Waals surface area contributed by atoms with Crippen molar-refractivity contribution in [1.29, 1.82) is 0 Å². The van der Waals surface area contributed by atoms with Crippen LogP contribution in [0.3, 0.4) is 0 Å². The van der Waals surface area contributed by atoms with Crippen LogP contribution in [0.25, 0.3) is 0 Å². The molecule has 0 aliphatic heterocycles. The van der Waals surface area contributed by atoms with Gasteiger partial charge in [0.15, 0.2) is 0 Å². The predicted molar refractivity (Wildman–Crippen MR) is 64.5 cm³/mol. The summed E-state index contributed by atoms with van der Waals surface area (Å²) >= 11 is 0. The van der Waals surface area contributed by atoms with Crippen molar-refractivity contribution in [3.8, 4) is 0 Å². The second-order valence-electron chi connectivity index (χ2n) is 4.43. The smallest absolute Gasteiger partial charge is 0.150 e. The minimum Gasteiger partial charge on any atom is -0.372 e. The molecular formula is C13H18FNO. The van der Waals surface area contributed by atoms with Crippen molar-refractivity contribution in [3.05, 3.63) is 29.6 Å². The molecule has 0 unspecified atom stereocenters. The monoisotopic (exact) mass is 223 g/mol. The van der Waals surface area contributed by atoms with Gasteiger partial charge in [-0.2, -0.15) is 0 Å². The van der Waals surface area contributed by atoms with Crippen molar-refractivity contribution in [3.63, 3.8) is 0 Å². The maximum atomic E-state index is 13.6. The highest BCUT2D eigenvalue weighted by Crippen LogP contribution is 2.19. The molecule has 3 heteroatoms. The number of aldehydes is 1. The van der Waals surface area contributed by atoms with Gasteiger partial charge in [0.25, 0.3) is 0 Å². The lowest BCUT2D eigenvalue weighted by Crippen LogP contribution is -2.21. The van der Waals surface area contributed by atoms with Gasteiger partial charge in [0.2, 0.25) is 0 Å². The Balaban J connectivity index is 2.75. The highest BCUT2D eigenvalue weighted by molar-refractivity contribution is 5.75. The van der Waals surface area contributed by atoms with Crippen LogP contribution in [0, 0.1) is 11.7 Å². The van der Waals surface area contributed by atoms with E-state index in [0.717, 1.165) is 13.0 Å². The number of hydrogen-bond donors (Lipinski definition) is 0. The highest BCUT2D eigenvalue weighted by atomic mass is 19.1. The van der Waals surface area contributed by atoms with Crippen LogP contribution in [0.1, 0.15) is 30.6 Å². The zero-order valence-electron chi connectivity index (χ0n) is 10.0. The second kappa shape index (κ2) is 5.64. The molecule has 0 aliphatic carbocycles. The Bertz CT molecular complexity index is 363. The van der Waals surface area contributed by atoms with E-state index in [1.165, 1.54) is 6.07 Å². The van der Waals surface area contributed by atoms with Crippen LogP contribution in [0.15, 0.2) is 18.2 Å². The molecule has 0 aromatic heterocycles. The number of hydrogen-bond acceptors (Lipinski definition) is 2. The molecule has 0 saturated carbocycles. The Hall–Kier alpha value is -1.38. The molecule has 88 valence electrons. The summed E-state index contributed by atoms with van der Waals surface area (Å²) in [6.07, 6.45) is 1.67. The molecule has 0 fully saturated rings. The Kier molecular flexibility index (Phi) is 4.47. The quantitative estimate of drug-likeness (QED) is 0.715. The molecule has 1 aromatic carbocycles. The number of carbonyl (C=O) groups excluding carboxylic acids is 1. The van der Waals surface area contributed by atoms with E-state index in [-0.39, 0.29) is 5.82 Å². The van der Waals surface area contributed by atoms with E-state index in [2.05, 4.69) is 13.8 Å². The van der Waals surface area contributed by atoms with Gasteiger partial charge < -0.3 is 4.90 Å². The average Bonchev–Trinajstić information content (AvgIpc) is 2.25. The van der Waals surface area contributed by atoms with Gasteiger partial charge in [-0.3, -0.25) is 4.79 Å². The topological polar surface area (TPSA) is 20.3 Å². The van der Waals surface area contributed by atoms with Gasteiger partial charge in [-0.25, -0.2) is 4.39 Å². The summed E-state index contributed by atoms with van der Waals surface area (Å²) < 4.78 is 13.6. The third-order valence-corrected chi connectivity index (χ3v) is 2.56. The minimum atomic E-state index is -0.337. The molecule has 0 heterocycles. The Morgan fingerprint density at radius 3 is 2.62 bits per heavy atom. The van der Waals surface area contributed by atoms with E-state index in [1.54, 1.807) is 12.1 Å². The summed E-state index contributed by atoms with van der Waals surface area (Å²) in [6, 6.07) is 4.56. The van der Waals surface area contributed by atoms with Crippen molar-refractivity contribution >= 4 is 12.0 Å². The van der Waals surface area contributed by atoms with Gasteiger partial charge in [0, 0.05) is 19.2 Å². The molecule has 0 atom stereocenters. The van der Waals surface area contributed by atoms with Crippen LogP contribution in [0.4, 0.5) is 10.1 Å². The van der Waals surface area contributed by atoms with Crippen LogP contribution in [-0.4, -0.2) is 19.9 Å². The molecule has 0 saturated heterocycles. The molecule has 2 nitrogen and oxygen atoms in total. The SMILES string of the molecule is CC(C)CCN(C)c1ccc(C=O)cc1F. The lowest BCUT2D eigenvalue weighted by atomic mass is 10.1. The summed E-state index contributed by atoms with van der Waals surface area (Å²) in [7, 11) is 1.86. The summed E-state index contributed by atoms with van der Waals surface area (Å²) in [4.78, 5) is 12.4. The van der Waals surface area contributed by atoms with Gasteiger partial charge in [-0.1, -0.05) is 13.8 Å². The maximum absolute atomic E-state index is 13.6. The molecule has 0 amide bonds. The largest absolute Gasteiger partial charge is 0.372 e. The number of nitrogens with zero attached hydrogens (tertiary/aromatic N) is 1. The molecule has 0 radical (unpaired) electrons. The van der Waals surface area contributed by atoms with Crippen LogP contribution in [-0.2, 0) is 0 Å². The third kappa shape index (κ3) is 3.33. The van der Waals surface area contributed by atoms with Gasteiger partial charge >= 0.3 is 0 Å². The summed E-state index contributed by atoms with van der Waals surface area (Å²) in [5, 5.41) is 0. The number of halogens is 1. The van der Waals surface area contributed by atoms with E-state index < -0.39 is 0 Å². The Labute approximate surface area is 96.1 Å². The molecule has 0 bridgehead atoms.